The number of halogens is 2. The predicted octanol–water partition coefficient (Wildman–Crippen LogP) is 1.85. The van der Waals surface area contributed by atoms with Crippen LogP contribution in [0.4, 0.5) is 14.5 Å². The standard InChI is InChI=1S/C10H6F2N2O5/c1-18-9(15)6-2-5(14(16)17)3-8(7(6)4-13)19-10(11)12/h2-3,10H,1H3. The van der Waals surface area contributed by atoms with Gasteiger partial charge in [-0.1, -0.05) is 0 Å². The van der Waals surface area contributed by atoms with Gasteiger partial charge in [-0.3, -0.25) is 10.1 Å². The van der Waals surface area contributed by atoms with E-state index in [1.807, 2.05) is 0 Å². The van der Waals surface area contributed by atoms with Crippen molar-refractivity contribution in [2.24, 2.45) is 0 Å². The Morgan fingerprint density at radius 3 is 2.58 bits per heavy atom. The third-order valence-corrected chi connectivity index (χ3v) is 2.03. The fraction of sp³-hybridized carbons (Fsp3) is 0.200. The van der Waals surface area contributed by atoms with Crippen LogP contribution in [0.2, 0.25) is 0 Å². The first kappa shape index (κ1) is 14.3. The van der Waals surface area contributed by atoms with E-state index in [-0.39, 0.29) is 0 Å². The van der Waals surface area contributed by atoms with Crippen LogP contribution in [-0.4, -0.2) is 24.6 Å². The van der Waals surface area contributed by atoms with E-state index in [1.165, 1.54) is 6.07 Å². The molecule has 0 bridgehead atoms. The van der Waals surface area contributed by atoms with Gasteiger partial charge in [-0.05, 0) is 0 Å². The van der Waals surface area contributed by atoms with Crippen molar-refractivity contribution in [2.75, 3.05) is 7.11 Å². The Labute approximate surface area is 105 Å². The van der Waals surface area contributed by atoms with E-state index in [9.17, 15) is 23.7 Å². The quantitative estimate of drug-likeness (QED) is 0.470. The molecule has 0 amide bonds. The molecule has 0 radical (unpaired) electrons. The van der Waals surface area contributed by atoms with Gasteiger partial charge in [-0.15, -0.1) is 0 Å². The smallest absolute Gasteiger partial charge is 0.387 e. The molecule has 0 fully saturated rings. The number of nitrogens with zero attached hydrogens (tertiary/aromatic N) is 2. The van der Waals surface area contributed by atoms with Gasteiger partial charge in [0.2, 0.25) is 0 Å². The van der Waals surface area contributed by atoms with E-state index in [4.69, 9.17) is 5.26 Å². The summed E-state index contributed by atoms with van der Waals surface area (Å²) in [4.78, 5) is 21.1. The first-order chi connectivity index (χ1) is 8.90. The van der Waals surface area contributed by atoms with Gasteiger partial charge in [0.05, 0.1) is 23.7 Å². The molecular formula is C10H6F2N2O5. The maximum absolute atomic E-state index is 12.2. The Morgan fingerprint density at radius 1 is 1.53 bits per heavy atom. The average molecular weight is 272 g/mol. The van der Waals surface area contributed by atoms with E-state index in [0.717, 1.165) is 13.2 Å². The van der Waals surface area contributed by atoms with E-state index in [0.29, 0.717) is 6.07 Å². The molecule has 0 saturated carbocycles. The summed E-state index contributed by atoms with van der Waals surface area (Å²) >= 11 is 0. The maximum Gasteiger partial charge on any atom is 0.387 e. The lowest BCUT2D eigenvalue weighted by Crippen LogP contribution is -2.10. The summed E-state index contributed by atoms with van der Waals surface area (Å²) in [6.07, 6.45) is 0. The zero-order valence-electron chi connectivity index (χ0n) is 9.42. The molecule has 0 aliphatic rings. The zero-order chi connectivity index (χ0) is 14.6. The third-order valence-electron chi connectivity index (χ3n) is 2.03. The highest BCUT2D eigenvalue weighted by molar-refractivity contribution is 5.94. The van der Waals surface area contributed by atoms with Crippen molar-refractivity contribution in [2.45, 2.75) is 6.61 Å². The van der Waals surface area contributed by atoms with Gasteiger partial charge in [0, 0.05) is 6.07 Å². The van der Waals surface area contributed by atoms with Gasteiger partial charge in [0.25, 0.3) is 5.69 Å². The predicted molar refractivity (Wildman–Crippen MR) is 55.8 cm³/mol. The Kier molecular flexibility index (Phi) is 4.31. The monoisotopic (exact) mass is 272 g/mol. The van der Waals surface area contributed by atoms with Gasteiger partial charge >= 0.3 is 12.6 Å². The number of carbonyl (C=O) groups excluding carboxylic acids is 1. The number of hydrogen-bond donors (Lipinski definition) is 0. The van der Waals surface area contributed by atoms with Crippen LogP contribution < -0.4 is 4.74 Å². The van der Waals surface area contributed by atoms with Crippen LogP contribution in [-0.2, 0) is 4.74 Å². The number of rotatable bonds is 4. The minimum absolute atomic E-state index is 0.519. The lowest BCUT2D eigenvalue weighted by Gasteiger charge is -2.09. The molecule has 0 heterocycles. The highest BCUT2D eigenvalue weighted by atomic mass is 19.3. The SMILES string of the molecule is COC(=O)c1cc([N+](=O)[O-])cc(OC(F)F)c1C#N. The van der Waals surface area contributed by atoms with E-state index >= 15 is 0 Å². The molecule has 19 heavy (non-hydrogen) atoms. The summed E-state index contributed by atoms with van der Waals surface area (Å²) in [5, 5.41) is 19.5. The van der Waals surface area contributed by atoms with Crippen molar-refractivity contribution in [1.29, 1.82) is 5.26 Å². The van der Waals surface area contributed by atoms with Crippen LogP contribution in [0.5, 0.6) is 5.75 Å². The number of benzene rings is 1. The fourth-order valence-corrected chi connectivity index (χ4v) is 1.28. The molecule has 0 atom stereocenters. The molecule has 0 N–H and O–H groups in total. The molecule has 1 rings (SSSR count). The minimum atomic E-state index is -3.29. The fourth-order valence-electron chi connectivity index (χ4n) is 1.28. The van der Waals surface area contributed by atoms with Crippen molar-refractivity contribution < 1.29 is 28.0 Å². The third kappa shape index (κ3) is 3.12. The Hall–Kier alpha value is -2.76. The summed E-state index contributed by atoms with van der Waals surface area (Å²) < 4.78 is 32.6. The highest BCUT2D eigenvalue weighted by Crippen LogP contribution is 2.30. The first-order valence-corrected chi connectivity index (χ1v) is 4.66. The van der Waals surface area contributed by atoms with Crippen LogP contribution >= 0.6 is 0 Å². The van der Waals surface area contributed by atoms with Gasteiger partial charge in [-0.2, -0.15) is 14.0 Å². The zero-order valence-corrected chi connectivity index (χ0v) is 9.42. The average Bonchev–Trinajstić information content (AvgIpc) is 2.35. The number of alkyl halides is 2. The topological polar surface area (TPSA) is 102 Å². The normalized spacial score (nSPS) is 9.84. The minimum Gasteiger partial charge on any atom is -0.465 e. The summed E-state index contributed by atoms with van der Waals surface area (Å²) in [7, 11) is 0.982. The molecule has 1 aromatic rings. The Balaban J connectivity index is 3.52. The summed E-state index contributed by atoms with van der Waals surface area (Å²) in [5.41, 5.74) is -1.75. The number of esters is 1. The second-order valence-corrected chi connectivity index (χ2v) is 3.11. The molecule has 100 valence electrons. The van der Waals surface area contributed by atoms with E-state index in [2.05, 4.69) is 9.47 Å². The van der Waals surface area contributed by atoms with Crippen LogP contribution in [0, 0.1) is 21.4 Å². The maximum atomic E-state index is 12.2. The summed E-state index contributed by atoms with van der Waals surface area (Å²) in [5.74, 6) is -1.83. The van der Waals surface area contributed by atoms with Crippen molar-refractivity contribution in [3.8, 4) is 11.8 Å². The van der Waals surface area contributed by atoms with E-state index in [1.54, 1.807) is 0 Å². The second-order valence-electron chi connectivity index (χ2n) is 3.11. The molecule has 0 aromatic heterocycles. The van der Waals surface area contributed by atoms with Crippen molar-refractivity contribution in [1.82, 2.24) is 0 Å². The lowest BCUT2D eigenvalue weighted by molar-refractivity contribution is -0.385. The molecule has 0 aliphatic carbocycles. The number of nitriles is 1. The van der Waals surface area contributed by atoms with Gasteiger partial charge in [0.1, 0.15) is 11.6 Å². The second kappa shape index (κ2) is 5.72. The molecule has 7 nitrogen and oxygen atoms in total. The number of non-ortho nitro benzene ring substituents is 1. The van der Waals surface area contributed by atoms with E-state index < -0.39 is 40.1 Å². The number of nitro groups is 1. The van der Waals surface area contributed by atoms with Gasteiger partial charge in [0.15, 0.2) is 5.75 Å². The molecule has 0 saturated heterocycles. The molecular weight excluding hydrogens is 266 g/mol. The summed E-state index contributed by atoms with van der Waals surface area (Å²) in [6.45, 7) is -3.29. The Morgan fingerprint density at radius 2 is 2.16 bits per heavy atom. The lowest BCUT2D eigenvalue weighted by atomic mass is 10.1. The molecule has 1 aromatic carbocycles. The largest absolute Gasteiger partial charge is 0.465 e. The molecule has 9 heteroatoms. The van der Waals surface area contributed by atoms with Crippen LogP contribution in [0.3, 0.4) is 0 Å². The van der Waals surface area contributed by atoms with Crippen molar-refractivity contribution >= 4 is 11.7 Å². The van der Waals surface area contributed by atoms with Gasteiger partial charge < -0.3 is 9.47 Å². The number of nitro benzene ring substituents is 1. The Bertz CT molecular complexity index is 568. The number of ether oxygens (including phenoxy) is 2. The van der Waals surface area contributed by atoms with Crippen molar-refractivity contribution in [3.05, 3.63) is 33.4 Å². The number of methoxy groups -OCH3 is 1. The summed E-state index contributed by atoms with van der Waals surface area (Å²) in [6, 6.07) is 2.86. The van der Waals surface area contributed by atoms with Gasteiger partial charge in [-0.25, -0.2) is 4.79 Å². The molecule has 0 unspecified atom stereocenters. The van der Waals surface area contributed by atoms with Crippen LogP contribution in [0.25, 0.3) is 0 Å². The number of carbonyl (C=O) groups is 1. The number of hydrogen-bond acceptors (Lipinski definition) is 6. The highest BCUT2D eigenvalue weighted by Gasteiger charge is 2.24. The molecule has 0 aliphatic heterocycles. The van der Waals surface area contributed by atoms with Crippen molar-refractivity contribution in [3.63, 3.8) is 0 Å². The van der Waals surface area contributed by atoms with Crippen LogP contribution in [0.1, 0.15) is 15.9 Å². The molecule has 0 spiro atoms. The van der Waals surface area contributed by atoms with Crippen LogP contribution in [0.15, 0.2) is 12.1 Å². The first-order valence-electron chi connectivity index (χ1n) is 4.66.